The van der Waals surface area contributed by atoms with Crippen molar-refractivity contribution in [3.8, 4) is 0 Å². The lowest BCUT2D eigenvalue weighted by molar-refractivity contribution is -0.122. The van der Waals surface area contributed by atoms with Crippen molar-refractivity contribution in [2.45, 2.75) is 26.2 Å². The van der Waals surface area contributed by atoms with Crippen molar-refractivity contribution < 1.29 is 4.79 Å². The largest absolute Gasteiger partial charge is 0.332 e. The maximum atomic E-state index is 11.3. The van der Waals surface area contributed by atoms with Gasteiger partial charge in [-0.1, -0.05) is 31.9 Å². The van der Waals surface area contributed by atoms with Crippen molar-refractivity contribution in [1.29, 1.82) is 0 Å². The van der Waals surface area contributed by atoms with Gasteiger partial charge >= 0.3 is 0 Å². The topological polar surface area (TPSA) is 29.1 Å². The minimum Gasteiger partial charge on any atom is -0.332 e. The maximum absolute atomic E-state index is 11.3. The molecule has 1 heterocycles. The summed E-state index contributed by atoms with van der Waals surface area (Å²) in [6.07, 6.45) is 10.6. The summed E-state index contributed by atoms with van der Waals surface area (Å²) in [5, 5.41) is 2.72. The number of hydrogen-bond donors (Lipinski definition) is 1. The predicted molar refractivity (Wildman–Crippen MR) is 49.4 cm³/mol. The summed E-state index contributed by atoms with van der Waals surface area (Å²) in [6, 6.07) is 0. The summed E-state index contributed by atoms with van der Waals surface area (Å²) in [7, 11) is 0. The molecule has 0 aromatic rings. The Kier molecular flexibility index (Phi) is 3.58. The van der Waals surface area contributed by atoms with Gasteiger partial charge in [0.15, 0.2) is 0 Å². The first-order valence-electron chi connectivity index (χ1n) is 4.48. The SMILES string of the molecule is CCCC[C@@H]1C=CC=CNC1=O. The van der Waals surface area contributed by atoms with Gasteiger partial charge in [-0.15, -0.1) is 0 Å². The van der Waals surface area contributed by atoms with Crippen molar-refractivity contribution in [2.24, 2.45) is 5.92 Å². The molecule has 0 unspecified atom stereocenters. The van der Waals surface area contributed by atoms with Crippen LogP contribution in [0, 0.1) is 5.92 Å². The van der Waals surface area contributed by atoms with Crippen LogP contribution in [0.1, 0.15) is 26.2 Å². The summed E-state index contributed by atoms with van der Waals surface area (Å²) in [6.45, 7) is 2.14. The fraction of sp³-hybridized carbons (Fsp3) is 0.500. The van der Waals surface area contributed by atoms with Crippen molar-refractivity contribution in [3.63, 3.8) is 0 Å². The second-order valence-corrected chi connectivity index (χ2v) is 3.00. The number of hydrogen-bond acceptors (Lipinski definition) is 1. The molecule has 0 spiro atoms. The van der Waals surface area contributed by atoms with E-state index in [1.54, 1.807) is 6.20 Å². The second kappa shape index (κ2) is 4.75. The third kappa shape index (κ3) is 2.53. The fourth-order valence-electron chi connectivity index (χ4n) is 1.23. The molecule has 12 heavy (non-hydrogen) atoms. The summed E-state index contributed by atoms with van der Waals surface area (Å²) >= 11 is 0. The number of unbranched alkanes of at least 4 members (excludes halogenated alkanes) is 1. The van der Waals surface area contributed by atoms with E-state index in [4.69, 9.17) is 0 Å². The molecule has 2 heteroatoms. The monoisotopic (exact) mass is 165 g/mol. The summed E-state index contributed by atoms with van der Waals surface area (Å²) in [5.41, 5.74) is 0. The van der Waals surface area contributed by atoms with Crippen LogP contribution in [0.3, 0.4) is 0 Å². The van der Waals surface area contributed by atoms with E-state index in [2.05, 4.69) is 12.2 Å². The van der Waals surface area contributed by atoms with Gasteiger partial charge in [0.05, 0.1) is 5.92 Å². The molecular weight excluding hydrogens is 150 g/mol. The zero-order valence-electron chi connectivity index (χ0n) is 7.42. The highest BCUT2D eigenvalue weighted by atomic mass is 16.1. The fourth-order valence-corrected chi connectivity index (χ4v) is 1.23. The summed E-state index contributed by atoms with van der Waals surface area (Å²) in [5.74, 6) is 0.188. The molecule has 0 bridgehead atoms. The highest BCUT2D eigenvalue weighted by molar-refractivity contribution is 5.81. The zero-order chi connectivity index (χ0) is 8.81. The van der Waals surface area contributed by atoms with Crippen LogP contribution in [0.2, 0.25) is 0 Å². The first-order chi connectivity index (χ1) is 5.84. The van der Waals surface area contributed by atoms with Gasteiger partial charge in [0.1, 0.15) is 0 Å². The molecule has 1 amide bonds. The minimum atomic E-state index is 0.0694. The van der Waals surface area contributed by atoms with E-state index >= 15 is 0 Å². The lowest BCUT2D eigenvalue weighted by Gasteiger charge is -2.08. The van der Waals surface area contributed by atoms with Crippen molar-refractivity contribution in [3.05, 3.63) is 24.4 Å². The third-order valence-electron chi connectivity index (χ3n) is 1.98. The van der Waals surface area contributed by atoms with Crippen LogP contribution in [-0.4, -0.2) is 5.91 Å². The van der Waals surface area contributed by atoms with Crippen LogP contribution in [0.5, 0.6) is 0 Å². The standard InChI is InChI=1S/C10H15NO/c1-2-3-6-9-7-4-5-8-11-10(9)12/h4-5,7-9H,2-3,6H2,1H3,(H,11,12)/t9-/m1/s1. The highest BCUT2D eigenvalue weighted by Gasteiger charge is 2.13. The van der Waals surface area contributed by atoms with Crippen LogP contribution in [0.4, 0.5) is 0 Å². The van der Waals surface area contributed by atoms with Crippen molar-refractivity contribution in [2.75, 3.05) is 0 Å². The molecule has 1 aliphatic heterocycles. The van der Waals surface area contributed by atoms with Gasteiger partial charge in [0.2, 0.25) is 5.91 Å². The average molecular weight is 165 g/mol. The van der Waals surface area contributed by atoms with Crippen molar-refractivity contribution in [1.82, 2.24) is 5.32 Å². The normalized spacial score (nSPS) is 22.1. The Labute approximate surface area is 73.4 Å². The molecule has 1 rings (SSSR count). The van der Waals surface area contributed by atoms with E-state index in [-0.39, 0.29) is 11.8 Å². The molecule has 0 saturated carbocycles. The molecule has 1 atom stereocenters. The molecule has 2 nitrogen and oxygen atoms in total. The van der Waals surface area contributed by atoms with Gasteiger partial charge in [0, 0.05) is 6.20 Å². The van der Waals surface area contributed by atoms with E-state index in [1.807, 2.05) is 18.2 Å². The number of rotatable bonds is 3. The van der Waals surface area contributed by atoms with E-state index in [9.17, 15) is 4.79 Å². The Morgan fingerprint density at radius 2 is 2.33 bits per heavy atom. The molecule has 0 fully saturated rings. The van der Waals surface area contributed by atoms with Gasteiger partial charge in [0.25, 0.3) is 0 Å². The number of nitrogens with one attached hydrogen (secondary N) is 1. The Bertz CT molecular complexity index is 206. The van der Waals surface area contributed by atoms with E-state index in [0.717, 1.165) is 19.3 Å². The van der Waals surface area contributed by atoms with Crippen LogP contribution < -0.4 is 5.32 Å². The van der Waals surface area contributed by atoms with Gasteiger partial charge < -0.3 is 5.32 Å². The van der Waals surface area contributed by atoms with Crippen LogP contribution in [-0.2, 0) is 4.79 Å². The van der Waals surface area contributed by atoms with E-state index in [1.165, 1.54) is 0 Å². The van der Waals surface area contributed by atoms with Gasteiger partial charge in [-0.05, 0) is 12.5 Å². The molecule has 0 aromatic carbocycles. The molecule has 0 radical (unpaired) electrons. The number of allylic oxidation sites excluding steroid dienone is 2. The van der Waals surface area contributed by atoms with Crippen LogP contribution >= 0.6 is 0 Å². The number of carbonyl (C=O) groups excluding carboxylic acids is 1. The highest BCUT2D eigenvalue weighted by Crippen LogP contribution is 2.11. The van der Waals surface area contributed by atoms with Crippen LogP contribution in [0.25, 0.3) is 0 Å². The lowest BCUT2D eigenvalue weighted by atomic mass is 10.0. The molecule has 1 aliphatic rings. The van der Waals surface area contributed by atoms with Gasteiger partial charge in [-0.2, -0.15) is 0 Å². The first kappa shape index (κ1) is 9.04. The molecule has 0 saturated heterocycles. The Morgan fingerprint density at radius 1 is 1.50 bits per heavy atom. The van der Waals surface area contributed by atoms with Crippen LogP contribution in [0.15, 0.2) is 24.4 Å². The summed E-state index contributed by atoms with van der Waals surface area (Å²) < 4.78 is 0. The number of carbonyl (C=O) groups is 1. The smallest absolute Gasteiger partial charge is 0.230 e. The quantitative estimate of drug-likeness (QED) is 0.680. The number of amides is 1. The first-order valence-corrected chi connectivity index (χ1v) is 4.48. The maximum Gasteiger partial charge on any atom is 0.230 e. The molecule has 1 N–H and O–H groups in total. The Balaban J connectivity index is 2.45. The average Bonchev–Trinajstić information content (AvgIpc) is 2.27. The minimum absolute atomic E-state index is 0.0694. The molecule has 0 aromatic heterocycles. The van der Waals surface area contributed by atoms with E-state index < -0.39 is 0 Å². The molecule has 0 aliphatic carbocycles. The molecular formula is C10H15NO. The van der Waals surface area contributed by atoms with Gasteiger partial charge in [-0.25, -0.2) is 0 Å². The predicted octanol–water partition coefficient (Wildman–Crippen LogP) is 1.99. The van der Waals surface area contributed by atoms with Crippen molar-refractivity contribution >= 4 is 5.91 Å². The molecule has 66 valence electrons. The second-order valence-electron chi connectivity index (χ2n) is 3.00. The zero-order valence-corrected chi connectivity index (χ0v) is 7.42. The third-order valence-corrected chi connectivity index (χ3v) is 1.98. The Morgan fingerprint density at radius 3 is 3.08 bits per heavy atom. The van der Waals surface area contributed by atoms with E-state index in [0.29, 0.717) is 0 Å². The lowest BCUT2D eigenvalue weighted by Crippen LogP contribution is -2.24. The van der Waals surface area contributed by atoms with Gasteiger partial charge in [-0.3, -0.25) is 4.79 Å². The summed E-state index contributed by atoms with van der Waals surface area (Å²) in [4.78, 5) is 11.3. The Hall–Kier alpha value is -1.05.